The quantitative estimate of drug-likeness (QED) is 0.886. The van der Waals surface area contributed by atoms with E-state index in [1.807, 2.05) is 25.1 Å². The molecule has 1 amide bonds. The minimum Gasteiger partial charge on any atom is -0.385 e. The Balaban J connectivity index is 2.01. The molecule has 1 aliphatic rings. The number of benzene rings is 1. The molecule has 110 valence electrons. The number of nitrogens with zero attached hydrogens (tertiary/aromatic N) is 1. The zero-order valence-corrected chi connectivity index (χ0v) is 12.7. The molecule has 0 saturated carbocycles. The first-order valence-electron chi connectivity index (χ1n) is 7.44. The number of likely N-dealkylation sites (N-methyl/N-ethyl adjacent to an activating group) is 1. The van der Waals surface area contributed by atoms with Gasteiger partial charge in [0.1, 0.15) is 0 Å². The standard InChI is InChI=1S/C16H25N3O/c1-4-17-13-7-8-15(12(2)10-13)16(20)18-14-6-5-9-19(3)11-14/h7-8,10,14,17H,4-6,9,11H2,1-3H3,(H,18,20). The van der Waals surface area contributed by atoms with Crippen LogP contribution in [0.15, 0.2) is 18.2 Å². The summed E-state index contributed by atoms with van der Waals surface area (Å²) in [6, 6.07) is 6.19. The maximum Gasteiger partial charge on any atom is 0.251 e. The SMILES string of the molecule is CCNc1ccc(C(=O)NC2CCCN(C)C2)c(C)c1. The Kier molecular flexibility index (Phi) is 5.01. The highest BCUT2D eigenvalue weighted by molar-refractivity contribution is 5.96. The number of nitrogens with one attached hydrogen (secondary N) is 2. The fourth-order valence-electron chi connectivity index (χ4n) is 2.78. The summed E-state index contributed by atoms with van der Waals surface area (Å²) in [6.07, 6.45) is 2.23. The lowest BCUT2D eigenvalue weighted by Crippen LogP contribution is -2.46. The normalized spacial score (nSPS) is 19.6. The molecule has 2 rings (SSSR count). The Morgan fingerprint density at radius 1 is 1.45 bits per heavy atom. The van der Waals surface area contributed by atoms with Crippen molar-refractivity contribution in [2.24, 2.45) is 0 Å². The van der Waals surface area contributed by atoms with Crippen LogP contribution in [0.4, 0.5) is 5.69 Å². The van der Waals surface area contributed by atoms with E-state index < -0.39 is 0 Å². The highest BCUT2D eigenvalue weighted by atomic mass is 16.1. The summed E-state index contributed by atoms with van der Waals surface area (Å²) >= 11 is 0. The van der Waals surface area contributed by atoms with Crippen LogP contribution >= 0.6 is 0 Å². The van der Waals surface area contributed by atoms with Crippen LogP contribution in [0.1, 0.15) is 35.7 Å². The van der Waals surface area contributed by atoms with E-state index in [2.05, 4.69) is 29.5 Å². The number of likely N-dealkylation sites (tertiary alicyclic amines) is 1. The molecule has 0 bridgehead atoms. The van der Waals surface area contributed by atoms with Crippen molar-refractivity contribution in [2.75, 3.05) is 32.0 Å². The molecule has 1 fully saturated rings. The molecule has 1 saturated heterocycles. The van der Waals surface area contributed by atoms with Gasteiger partial charge in [-0.3, -0.25) is 4.79 Å². The van der Waals surface area contributed by atoms with Crippen LogP contribution in [0.5, 0.6) is 0 Å². The second-order valence-corrected chi connectivity index (χ2v) is 5.63. The van der Waals surface area contributed by atoms with Gasteiger partial charge in [0.15, 0.2) is 0 Å². The molecule has 1 aromatic carbocycles. The molecular weight excluding hydrogens is 250 g/mol. The van der Waals surface area contributed by atoms with Crippen LogP contribution in [0.2, 0.25) is 0 Å². The summed E-state index contributed by atoms with van der Waals surface area (Å²) in [6.45, 7) is 7.01. The van der Waals surface area contributed by atoms with Gasteiger partial charge >= 0.3 is 0 Å². The minimum absolute atomic E-state index is 0.0471. The number of carbonyl (C=O) groups is 1. The molecule has 1 heterocycles. The van der Waals surface area contributed by atoms with Crippen molar-refractivity contribution in [3.8, 4) is 0 Å². The Morgan fingerprint density at radius 2 is 2.25 bits per heavy atom. The lowest BCUT2D eigenvalue weighted by molar-refractivity contribution is 0.0912. The second kappa shape index (κ2) is 6.75. The molecule has 1 aromatic rings. The average molecular weight is 275 g/mol. The smallest absolute Gasteiger partial charge is 0.251 e. The Morgan fingerprint density at radius 3 is 2.90 bits per heavy atom. The summed E-state index contributed by atoms with van der Waals surface area (Å²) in [5, 5.41) is 6.42. The molecule has 1 unspecified atom stereocenters. The first kappa shape index (κ1) is 14.9. The summed E-state index contributed by atoms with van der Waals surface area (Å²) in [5.41, 5.74) is 2.86. The van der Waals surface area contributed by atoms with E-state index in [4.69, 9.17) is 0 Å². The maximum absolute atomic E-state index is 12.4. The van der Waals surface area contributed by atoms with Crippen molar-refractivity contribution in [1.82, 2.24) is 10.2 Å². The third-order valence-corrected chi connectivity index (χ3v) is 3.81. The molecule has 0 radical (unpaired) electrons. The van der Waals surface area contributed by atoms with Gasteiger partial charge in [0.2, 0.25) is 0 Å². The van der Waals surface area contributed by atoms with Gasteiger partial charge in [-0.25, -0.2) is 0 Å². The first-order chi connectivity index (χ1) is 9.60. The second-order valence-electron chi connectivity index (χ2n) is 5.63. The monoisotopic (exact) mass is 275 g/mol. The van der Waals surface area contributed by atoms with Crippen LogP contribution < -0.4 is 10.6 Å². The van der Waals surface area contributed by atoms with E-state index in [0.717, 1.165) is 49.3 Å². The van der Waals surface area contributed by atoms with E-state index in [1.54, 1.807) is 0 Å². The summed E-state index contributed by atoms with van der Waals surface area (Å²) in [5.74, 6) is 0.0471. The van der Waals surface area contributed by atoms with Gasteiger partial charge in [-0.05, 0) is 64.0 Å². The van der Waals surface area contributed by atoms with Crippen molar-refractivity contribution in [1.29, 1.82) is 0 Å². The highest BCUT2D eigenvalue weighted by Crippen LogP contribution is 2.16. The third kappa shape index (κ3) is 3.73. The molecule has 2 N–H and O–H groups in total. The topological polar surface area (TPSA) is 44.4 Å². The fourth-order valence-corrected chi connectivity index (χ4v) is 2.78. The molecule has 20 heavy (non-hydrogen) atoms. The van der Waals surface area contributed by atoms with E-state index in [9.17, 15) is 4.79 Å². The van der Waals surface area contributed by atoms with E-state index in [-0.39, 0.29) is 11.9 Å². The molecule has 4 heteroatoms. The minimum atomic E-state index is 0.0471. The number of aryl methyl sites for hydroxylation is 1. The van der Waals surface area contributed by atoms with Crippen molar-refractivity contribution >= 4 is 11.6 Å². The molecule has 0 spiro atoms. The number of amides is 1. The summed E-state index contributed by atoms with van der Waals surface area (Å²) < 4.78 is 0. The number of rotatable bonds is 4. The van der Waals surface area contributed by atoms with Crippen molar-refractivity contribution < 1.29 is 4.79 Å². The number of piperidine rings is 1. The lowest BCUT2D eigenvalue weighted by Gasteiger charge is -2.30. The zero-order chi connectivity index (χ0) is 14.5. The lowest BCUT2D eigenvalue weighted by atomic mass is 10.0. The zero-order valence-electron chi connectivity index (χ0n) is 12.7. The van der Waals surface area contributed by atoms with Crippen LogP contribution in [0.3, 0.4) is 0 Å². The summed E-state index contributed by atoms with van der Waals surface area (Å²) in [4.78, 5) is 14.6. The summed E-state index contributed by atoms with van der Waals surface area (Å²) in [7, 11) is 2.11. The number of hydrogen-bond donors (Lipinski definition) is 2. The molecule has 1 atom stereocenters. The Bertz CT molecular complexity index is 473. The van der Waals surface area contributed by atoms with Crippen LogP contribution in [-0.2, 0) is 0 Å². The van der Waals surface area contributed by atoms with Crippen molar-refractivity contribution in [2.45, 2.75) is 32.7 Å². The molecular formula is C16H25N3O. The predicted octanol–water partition coefficient (Wildman–Crippen LogP) is 2.25. The van der Waals surface area contributed by atoms with Gasteiger partial charge in [-0.1, -0.05) is 0 Å². The van der Waals surface area contributed by atoms with Crippen molar-refractivity contribution in [3.63, 3.8) is 0 Å². The third-order valence-electron chi connectivity index (χ3n) is 3.81. The number of carbonyl (C=O) groups excluding carboxylic acids is 1. The van der Waals surface area contributed by atoms with Gasteiger partial charge in [-0.2, -0.15) is 0 Å². The number of anilines is 1. The predicted molar refractivity (Wildman–Crippen MR) is 83.3 cm³/mol. The Hall–Kier alpha value is -1.55. The fraction of sp³-hybridized carbons (Fsp3) is 0.562. The van der Waals surface area contributed by atoms with Crippen LogP contribution in [0.25, 0.3) is 0 Å². The van der Waals surface area contributed by atoms with Crippen LogP contribution in [0, 0.1) is 6.92 Å². The van der Waals surface area contributed by atoms with E-state index in [1.165, 1.54) is 0 Å². The number of hydrogen-bond acceptors (Lipinski definition) is 3. The first-order valence-corrected chi connectivity index (χ1v) is 7.44. The van der Waals surface area contributed by atoms with Gasteiger partial charge in [0.25, 0.3) is 5.91 Å². The molecule has 0 aromatic heterocycles. The molecule has 0 aliphatic carbocycles. The highest BCUT2D eigenvalue weighted by Gasteiger charge is 2.20. The Labute approximate surface area is 121 Å². The van der Waals surface area contributed by atoms with Gasteiger partial charge in [0, 0.05) is 30.4 Å². The molecule has 4 nitrogen and oxygen atoms in total. The van der Waals surface area contributed by atoms with E-state index >= 15 is 0 Å². The maximum atomic E-state index is 12.4. The van der Waals surface area contributed by atoms with E-state index in [0.29, 0.717) is 0 Å². The van der Waals surface area contributed by atoms with Gasteiger partial charge < -0.3 is 15.5 Å². The largest absolute Gasteiger partial charge is 0.385 e. The van der Waals surface area contributed by atoms with Crippen molar-refractivity contribution in [3.05, 3.63) is 29.3 Å². The van der Waals surface area contributed by atoms with Gasteiger partial charge in [0.05, 0.1) is 0 Å². The molecule has 1 aliphatic heterocycles. The van der Waals surface area contributed by atoms with Crippen LogP contribution in [-0.4, -0.2) is 43.5 Å². The average Bonchev–Trinajstić information content (AvgIpc) is 2.39. The van der Waals surface area contributed by atoms with Gasteiger partial charge in [-0.15, -0.1) is 0 Å².